The number of carbonyl (C=O) groups is 2. The van der Waals surface area contributed by atoms with E-state index in [0.717, 1.165) is 38.0 Å². The number of rotatable bonds is 10. The third kappa shape index (κ3) is 9.55. The SMILES string of the molecule is CCCNNC(=O)C=Cc1ccc(CNCCc2c(C)[nH]c3ccccc23)cc1.O=C(O)C(F)(F)F. The minimum absolute atomic E-state index is 0.142. The van der Waals surface area contributed by atoms with Gasteiger partial charge in [-0.05, 0) is 55.1 Å². The minimum atomic E-state index is -5.08. The zero-order valence-corrected chi connectivity index (χ0v) is 20.2. The highest BCUT2D eigenvalue weighted by atomic mass is 19.4. The lowest BCUT2D eigenvalue weighted by atomic mass is 10.1. The Balaban J connectivity index is 0.000000572. The minimum Gasteiger partial charge on any atom is -0.475 e. The molecule has 0 bridgehead atoms. The van der Waals surface area contributed by atoms with Crippen molar-refractivity contribution >= 4 is 28.9 Å². The van der Waals surface area contributed by atoms with Crippen molar-refractivity contribution in [2.45, 2.75) is 39.4 Å². The number of hydrazine groups is 1. The summed E-state index contributed by atoms with van der Waals surface area (Å²) in [5.41, 5.74) is 11.6. The van der Waals surface area contributed by atoms with Crippen LogP contribution >= 0.6 is 0 Å². The number of para-hydroxylation sites is 1. The third-order valence-corrected chi connectivity index (χ3v) is 5.14. The van der Waals surface area contributed by atoms with E-state index in [4.69, 9.17) is 9.90 Å². The predicted molar refractivity (Wildman–Crippen MR) is 134 cm³/mol. The number of amides is 1. The maximum Gasteiger partial charge on any atom is 0.490 e. The molecule has 2 aromatic carbocycles. The van der Waals surface area contributed by atoms with E-state index in [2.05, 4.69) is 71.4 Å². The number of hydrogen-bond donors (Lipinski definition) is 5. The van der Waals surface area contributed by atoms with Crippen LogP contribution in [-0.2, 0) is 22.6 Å². The second-order valence-electron chi connectivity index (χ2n) is 7.99. The number of aromatic amines is 1. The molecule has 1 aromatic heterocycles. The van der Waals surface area contributed by atoms with Crippen molar-refractivity contribution < 1.29 is 27.9 Å². The van der Waals surface area contributed by atoms with Gasteiger partial charge in [0.1, 0.15) is 0 Å². The molecular weight excluding hydrogens is 473 g/mol. The molecule has 3 aromatic rings. The maximum atomic E-state index is 11.7. The molecule has 0 fully saturated rings. The zero-order chi connectivity index (χ0) is 26.6. The summed E-state index contributed by atoms with van der Waals surface area (Å²) in [6, 6.07) is 16.7. The van der Waals surface area contributed by atoms with Crippen molar-refractivity contribution in [2.24, 2.45) is 0 Å². The molecule has 10 heteroatoms. The molecule has 5 N–H and O–H groups in total. The van der Waals surface area contributed by atoms with Crippen molar-refractivity contribution in [3.63, 3.8) is 0 Å². The van der Waals surface area contributed by atoms with Gasteiger partial charge in [0, 0.05) is 35.8 Å². The Bertz CT molecular complexity index is 1160. The number of carbonyl (C=O) groups excluding carboxylic acids is 1. The number of hydrogen-bond acceptors (Lipinski definition) is 4. The number of aliphatic carboxylic acids is 1. The summed E-state index contributed by atoms with van der Waals surface area (Å²) in [4.78, 5) is 24.0. The van der Waals surface area contributed by atoms with Gasteiger partial charge in [0.25, 0.3) is 5.91 Å². The Kier molecular flexibility index (Phi) is 11.2. The third-order valence-electron chi connectivity index (χ3n) is 5.14. The molecule has 194 valence electrons. The topological polar surface area (TPSA) is 106 Å². The fraction of sp³-hybridized carbons (Fsp3) is 0.308. The van der Waals surface area contributed by atoms with E-state index in [9.17, 15) is 18.0 Å². The molecule has 0 aliphatic carbocycles. The van der Waals surface area contributed by atoms with Gasteiger partial charge in [-0.3, -0.25) is 10.2 Å². The number of alkyl halides is 3. The standard InChI is InChI=1S/C24H30N4O.C2HF3O2/c1-3-15-26-28-24(29)13-12-19-8-10-20(11-9-19)17-25-16-14-21-18(2)27-23-7-5-4-6-22(21)23;3-2(4,5)1(6)7/h4-13,25-27H,3,14-17H2,1-2H3,(H,28,29);(H,6,7). The fourth-order valence-electron chi connectivity index (χ4n) is 3.34. The second kappa shape index (κ2) is 14.1. The first-order valence-corrected chi connectivity index (χ1v) is 11.5. The van der Waals surface area contributed by atoms with Gasteiger partial charge >= 0.3 is 12.1 Å². The summed E-state index contributed by atoms with van der Waals surface area (Å²) < 4.78 is 31.7. The molecule has 1 heterocycles. The number of aromatic nitrogens is 1. The smallest absolute Gasteiger partial charge is 0.475 e. The molecule has 3 rings (SSSR count). The van der Waals surface area contributed by atoms with Crippen molar-refractivity contribution in [3.8, 4) is 0 Å². The molecule has 0 atom stereocenters. The summed E-state index contributed by atoms with van der Waals surface area (Å²) in [5.74, 6) is -2.90. The number of fused-ring (bicyclic) bond motifs is 1. The number of benzene rings is 2. The first-order chi connectivity index (χ1) is 17.1. The van der Waals surface area contributed by atoms with E-state index in [-0.39, 0.29) is 5.91 Å². The summed E-state index contributed by atoms with van der Waals surface area (Å²) in [5, 5.41) is 12.0. The van der Waals surface area contributed by atoms with Crippen molar-refractivity contribution in [3.05, 3.63) is 77.0 Å². The molecule has 7 nitrogen and oxygen atoms in total. The molecule has 0 saturated heterocycles. The van der Waals surface area contributed by atoms with Crippen molar-refractivity contribution in [1.29, 1.82) is 0 Å². The highest BCUT2D eigenvalue weighted by Crippen LogP contribution is 2.22. The van der Waals surface area contributed by atoms with Crippen LogP contribution in [-0.4, -0.2) is 41.2 Å². The molecule has 36 heavy (non-hydrogen) atoms. The van der Waals surface area contributed by atoms with Crippen LogP contribution < -0.4 is 16.2 Å². The molecule has 0 aliphatic heterocycles. The lowest BCUT2D eigenvalue weighted by Gasteiger charge is -2.06. The van der Waals surface area contributed by atoms with Crippen LogP contribution in [0.1, 0.15) is 35.7 Å². The fourth-order valence-corrected chi connectivity index (χ4v) is 3.34. The van der Waals surface area contributed by atoms with Gasteiger partial charge in [0.2, 0.25) is 0 Å². The Labute approximate surface area is 207 Å². The molecular formula is C26H31F3N4O3. The summed E-state index contributed by atoms with van der Waals surface area (Å²) in [6.45, 7) is 6.71. The quantitative estimate of drug-likeness (QED) is 0.159. The van der Waals surface area contributed by atoms with Crippen LogP contribution in [0, 0.1) is 6.92 Å². The molecule has 0 radical (unpaired) electrons. The van der Waals surface area contributed by atoms with Gasteiger partial charge in [0.15, 0.2) is 0 Å². The van der Waals surface area contributed by atoms with E-state index in [1.807, 2.05) is 18.2 Å². The lowest BCUT2D eigenvalue weighted by Crippen LogP contribution is -2.36. The lowest BCUT2D eigenvalue weighted by molar-refractivity contribution is -0.192. The van der Waals surface area contributed by atoms with Gasteiger partial charge in [-0.1, -0.05) is 49.4 Å². The molecule has 0 saturated carbocycles. The molecule has 0 spiro atoms. The number of H-pyrrole nitrogens is 1. The van der Waals surface area contributed by atoms with Gasteiger partial charge in [0.05, 0.1) is 0 Å². The van der Waals surface area contributed by atoms with Crippen LogP contribution in [0.3, 0.4) is 0 Å². The normalized spacial score (nSPS) is 11.4. The number of aryl methyl sites for hydroxylation is 1. The number of carboxylic acid groups (broad SMARTS) is 1. The highest BCUT2D eigenvalue weighted by molar-refractivity contribution is 5.91. The summed E-state index contributed by atoms with van der Waals surface area (Å²) in [7, 11) is 0. The van der Waals surface area contributed by atoms with Crippen LogP contribution in [0.5, 0.6) is 0 Å². The maximum absolute atomic E-state index is 11.7. The Morgan fingerprint density at radius 3 is 2.36 bits per heavy atom. The second-order valence-corrected chi connectivity index (χ2v) is 7.99. The monoisotopic (exact) mass is 504 g/mol. The van der Waals surface area contributed by atoms with E-state index >= 15 is 0 Å². The van der Waals surface area contributed by atoms with E-state index in [1.165, 1.54) is 27.7 Å². The number of nitrogens with one attached hydrogen (secondary N) is 4. The number of carboxylic acids is 1. The van der Waals surface area contributed by atoms with E-state index in [0.29, 0.717) is 0 Å². The van der Waals surface area contributed by atoms with Gasteiger partial charge in [-0.25, -0.2) is 10.2 Å². The predicted octanol–water partition coefficient (Wildman–Crippen LogP) is 4.49. The Hall–Kier alpha value is -3.63. The molecule has 0 unspecified atom stereocenters. The van der Waals surface area contributed by atoms with Gasteiger partial charge in [-0.2, -0.15) is 13.2 Å². The highest BCUT2D eigenvalue weighted by Gasteiger charge is 2.38. The van der Waals surface area contributed by atoms with E-state index in [1.54, 1.807) is 6.08 Å². The van der Waals surface area contributed by atoms with Crippen molar-refractivity contribution in [1.82, 2.24) is 21.2 Å². The summed E-state index contributed by atoms with van der Waals surface area (Å²) in [6.07, 6.45) is 0.248. The van der Waals surface area contributed by atoms with E-state index < -0.39 is 12.1 Å². The van der Waals surface area contributed by atoms with Gasteiger partial charge in [-0.15, -0.1) is 0 Å². The Morgan fingerprint density at radius 2 is 1.72 bits per heavy atom. The Morgan fingerprint density at radius 1 is 1.06 bits per heavy atom. The first-order valence-electron chi connectivity index (χ1n) is 11.5. The van der Waals surface area contributed by atoms with Crippen molar-refractivity contribution in [2.75, 3.05) is 13.1 Å². The zero-order valence-electron chi connectivity index (χ0n) is 20.2. The van der Waals surface area contributed by atoms with Crippen LogP contribution in [0.2, 0.25) is 0 Å². The molecule has 0 aliphatic rings. The average Bonchev–Trinajstić information content (AvgIpc) is 3.16. The van der Waals surface area contributed by atoms with Crippen LogP contribution in [0.25, 0.3) is 17.0 Å². The van der Waals surface area contributed by atoms with Gasteiger partial charge < -0.3 is 15.4 Å². The van der Waals surface area contributed by atoms with Crippen LogP contribution in [0.15, 0.2) is 54.6 Å². The largest absolute Gasteiger partial charge is 0.490 e. The average molecular weight is 505 g/mol. The number of halogens is 3. The molecule has 1 amide bonds. The van der Waals surface area contributed by atoms with Crippen LogP contribution in [0.4, 0.5) is 13.2 Å². The first kappa shape index (κ1) is 28.6. The summed E-state index contributed by atoms with van der Waals surface area (Å²) >= 11 is 0.